The van der Waals surface area contributed by atoms with E-state index in [1.165, 1.54) is 116 Å². The molecule has 6 heteroatoms. The highest BCUT2D eigenvalue weighted by atomic mass is 16.6. The lowest BCUT2D eigenvalue weighted by Gasteiger charge is -2.18. The normalized spacial score (nSPS) is 12.6. The molecule has 49 heavy (non-hydrogen) atoms. The molecular weight excluding hydrogens is 612 g/mol. The molecule has 290 valence electrons. The van der Waals surface area contributed by atoms with Crippen molar-refractivity contribution in [3.8, 4) is 0 Å². The third kappa shape index (κ3) is 36.0. The molecule has 0 aromatic carbocycles. The van der Waals surface area contributed by atoms with Gasteiger partial charge in [0.15, 0.2) is 6.10 Å². The monoisotopic (exact) mass is 695 g/mol. The molecule has 0 aromatic rings. The maximum atomic E-state index is 12.6. The Morgan fingerprint density at radius 1 is 0.429 bits per heavy atom. The first-order valence-electron chi connectivity index (χ1n) is 21.3. The number of rotatable bonds is 37. The van der Waals surface area contributed by atoms with Crippen molar-refractivity contribution >= 4 is 17.9 Å². The fourth-order valence-corrected chi connectivity index (χ4v) is 6.19. The van der Waals surface area contributed by atoms with E-state index in [0.29, 0.717) is 19.3 Å². The van der Waals surface area contributed by atoms with Gasteiger partial charge in [0.2, 0.25) is 0 Å². The largest absolute Gasteiger partial charge is 0.462 e. The van der Waals surface area contributed by atoms with Crippen LogP contribution in [0.2, 0.25) is 0 Å². The van der Waals surface area contributed by atoms with Gasteiger partial charge in [-0.15, -0.1) is 0 Å². The van der Waals surface area contributed by atoms with Gasteiger partial charge < -0.3 is 14.2 Å². The second kappa shape index (κ2) is 36.2. The van der Waals surface area contributed by atoms with Crippen LogP contribution in [0.5, 0.6) is 0 Å². The highest BCUT2D eigenvalue weighted by molar-refractivity contribution is 5.71. The average Bonchev–Trinajstić information content (AvgIpc) is 3.08. The fourth-order valence-electron chi connectivity index (χ4n) is 6.19. The number of hydrogen-bond donors (Lipinski definition) is 0. The number of unbranched alkanes of at least 4 members (excludes halogenated alkanes) is 21. The standard InChI is InChI=1S/C43H82O6/c1-6-8-9-10-11-12-19-25-30-35-43(46)49-40(37-48-42(45)34-29-24-20-15-16-21-26-31-38(3)4)36-47-41(44)33-28-23-18-14-13-17-22-27-32-39(5)7-2/h38-40H,6-37H2,1-5H3/t39?,40-/m1/s1. The molecule has 0 rings (SSSR count). The summed E-state index contributed by atoms with van der Waals surface area (Å²) in [5, 5.41) is 0. The van der Waals surface area contributed by atoms with E-state index in [1.54, 1.807) is 0 Å². The molecular formula is C43H82O6. The van der Waals surface area contributed by atoms with E-state index in [2.05, 4.69) is 34.6 Å². The molecule has 0 heterocycles. The summed E-state index contributed by atoms with van der Waals surface area (Å²) >= 11 is 0. The van der Waals surface area contributed by atoms with Gasteiger partial charge >= 0.3 is 17.9 Å². The lowest BCUT2D eigenvalue weighted by Crippen LogP contribution is -2.30. The molecule has 1 unspecified atom stereocenters. The average molecular weight is 695 g/mol. The van der Waals surface area contributed by atoms with E-state index in [0.717, 1.165) is 69.6 Å². The van der Waals surface area contributed by atoms with Gasteiger partial charge in [0.05, 0.1) is 0 Å². The van der Waals surface area contributed by atoms with Crippen molar-refractivity contribution in [3.05, 3.63) is 0 Å². The second-order valence-electron chi connectivity index (χ2n) is 15.3. The van der Waals surface area contributed by atoms with Gasteiger partial charge in [-0.2, -0.15) is 0 Å². The predicted molar refractivity (Wildman–Crippen MR) is 206 cm³/mol. The van der Waals surface area contributed by atoms with E-state index in [4.69, 9.17) is 14.2 Å². The van der Waals surface area contributed by atoms with Crippen molar-refractivity contribution in [2.24, 2.45) is 11.8 Å². The third-order valence-corrected chi connectivity index (χ3v) is 9.83. The Bertz CT molecular complexity index is 751. The fraction of sp³-hybridized carbons (Fsp3) is 0.930. The van der Waals surface area contributed by atoms with Gasteiger partial charge in [0.25, 0.3) is 0 Å². The molecule has 0 amide bonds. The molecule has 6 nitrogen and oxygen atoms in total. The molecule has 0 aliphatic rings. The molecule has 0 spiro atoms. The minimum absolute atomic E-state index is 0.0664. The zero-order valence-electron chi connectivity index (χ0n) is 33.3. The van der Waals surface area contributed by atoms with E-state index in [9.17, 15) is 14.4 Å². The van der Waals surface area contributed by atoms with Crippen LogP contribution in [0, 0.1) is 11.8 Å². The van der Waals surface area contributed by atoms with Crippen molar-refractivity contribution in [1.82, 2.24) is 0 Å². The number of esters is 3. The van der Waals surface area contributed by atoms with Gasteiger partial charge in [-0.1, -0.05) is 189 Å². The van der Waals surface area contributed by atoms with Gasteiger partial charge in [0, 0.05) is 19.3 Å². The van der Waals surface area contributed by atoms with Crippen molar-refractivity contribution in [2.45, 2.75) is 233 Å². The van der Waals surface area contributed by atoms with Gasteiger partial charge in [-0.3, -0.25) is 14.4 Å². The second-order valence-corrected chi connectivity index (χ2v) is 15.3. The summed E-state index contributed by atoms with van der Waals surface area (Å²) in [5.74, 6) is 0.762. The zero-order valence-corrected chi connectivity index (χ0v) is 33.3. The summed E-state index contributed by atoms with van der Waals surface area (Å²) in [7, 11) is 0. The Balaban J connectivity index is 4.34. The van der Waals surface area contributed by atoms with Crippen LogP contribution in [0.1, 0.15) is 227 Å². The van der Waals surface area contributed by atoms with E-state index < -0.39 is 6.10 Å². The van der Waals surface area contributed by atoms with Crippen molar-refractivity contribution in [3.63, 3.8) is 0 Å². The molecule has 0 aliphatic carbocycles. The number of carbonyl (C=O) groups excluding carboxylic acids is 3. The SMILES string of the molecule is CCCCCCCCCCCC(=O)O[C@H](COC(=O)CCCCCCCCCCC(C)CC)COC(=O)CCCCCCCCCC(C)C. The summed E-state index contributed by atoms with van der Waals surface area (Å²) in [6.45, 7) is 11.3. The first-order valence-corrected chi connectivity index (χ1v) is 21.3. The van der Waals surface area contributed by atoms with E-state index in [-0.39, 0.29) is 31.1 Å². The first-order chi connectivity index (χ1) is 23.8. The van der Waals surface area contributed by atoms with Gasteiger partial charge in [-0.25, -0.2) is 0 Å². The highest BCUT2D eigenvalue weighted by Gasteiger charge is 2.19. The molecule has 0 N–H and O–H groups in total. The molecule has 0 fully saturated rings. The van der Waals surface area contributed by atoms with E-state index >= 15 is 0 Å². The summed E-state index contributed by atoms with van der Waals surface area (Å²) in [6.07, 6.45) is 32.3. The Morgan fingerprint density at radius 3 is 1.16 bits per heavy atom. The molecule has 0 bridgehead atoms. The molecule has 0 saturated heterocycles. The number of ether oxygens (including phenoxy) is 3. The van der Waals surface area contributed by atoms with Crippen molar-refractivity contribution in [1.29, 1.82) is 0 Å². The van der Waals surface area contributed by atoms with Gasteiger partial charge in [-0.05, 0) is 31.1 Å². The smallest absolute Gasteiger partial charge is 0.306 e. The lowest BCUT2D eigenvalue weighted by atomic mass is 9.99. The van der Waals surface area contributed by atoms with Crippen LogP contribution in [-0.2, 0) is 28.6 Å². The minimum Gasteiger partial charge on any atom is -0.462 e. The molecule has 2 atom stereocenters. The predicted octanol–water partition coefficient (Wildman–Crippen LogP) is 13.0. The van der Waals surface area contributed by atoms with Crippen LogP contribution in [-0.4, -0.2) is 37.2 Å². The number of hydrogen-bond acceptors (Lipinski definition) is 6. The quantitative estimate of drug-likeness (QED) is 0.0366. The number of carbonyl (C=O) groups is 3. The molecule has 0 saturated carbocycles. The summed E-state index contributed by atoms with van der Waals surface area (Å²) in [4.78, 5) is 37.5. The summed E-state index contributed by atoms with van der Waals surface area (Å²) in [6, 6.07) is 0. The van der Waals surface area contributed by atoms with Crippen molar-refractivity contribution in [2.75, 3.05) is 13.2 Å². The third-order valence-electron chi connectivity index (χ3n) is 9.83. The Hall–Kier alpha value is -1.59. The molecule has 0 aliphatic heterocycles. The topological polar surface area (TPSA) is 78.9 Å². The minimum atomic E-state index is -0.759. The lowest BCUT2D eigenvalue weighted by molar-refractivity contribution is -0.167. The Labute approximate surface area is 304 Å². The summed E-state index contributed by atoms with van der Waals surface area (Å²) in [5.41, 5.74) is 0. The van der Waals surface area contributed by atoms with Gasteiger partial charge in [0.1, 0.15) is 13.2 Å². The van der Waals surface area contributed by atoms with Crippen LogP contribution in [0.25, 0.3) is 0 Å². The molecule has 0 aromatic heterocycles. The highest BCUT2D eigenvalue weighted by Crippen LogP contribution is 2.16. The Kier molecular flexibility index (Phi) is 35.0. The van der Waals surface area contributed by atoms with Crippen LogP contribution >= 0.6 is 0 Å². The maximum absolute atomic E-state index is 12.6. The van der Waals surface area contributed by atoms with Crippen LogP contribution in [0.15, 0.2) is 0 Å². The van der Waals surface area contributed by atoms with Crippen LogP contribution in [0.3, 0.4) is 0 Å². The summed E-state index contributed by atoms with van der Waals surface area (Å²) < 4.78 is 16.6. The van der Waals surface area contributed by atoms with Crippen molar-refractivity contribution < 1.29 is 28.6 Å². The van der Waals surface area contributed by atoms with Crippen LogP contribution < -0.4 is 0 Å². The Morgan fingerprint density at radius 2 is 0.776 bits per heavy atom. The zero-order chi connectivity index (χ0) is 36.2. The van der Waals surface area contributed by atoms with E-state index in [1.807, 2.05) is 0 Å². The first kappa shape index (κ1) is 47.4. The maximum Gasteiger partial charge on any atom is 0.306 e. The molecule has 0 radical (unpaired) electrons. The van der Waals surface area contributed by atoms with Crippen LogP contribution in [0.4, 0.5) is 0 Å².